The van der Waals surface area contributed by atoms with E-state index in [-0.39, 0.29) is 18.5 Å². The fourth-order valence-electron chi connectivity index (χ4n) is 11.3. The Bertz CT molecular complexity index is 1360. The van der Waals surface area contributed by atoms with E-state index in [9.17, 15) is 19.8 Å². The third kappa shape index (κ3) is 66.8. The van der Waals surface area contributed by atoms with Gasteiger partial charge in [-0.25, -0.2) is 0 Å². The lowest BCUT2D eigenvalue weighted by Crippen LogP contribution is -2.45. The van der Waals surface area contributed by atoms with E-state index in [2.05, 4.69) is 55.6 Å². The van der Waals surface area contributed by atoms with Crippen LogP contribution < -0.4 is 5.32 Å². The highest BCUT2D eigenvalue weighted by molar-refractivity contribution is 5.76. The van der Waals surface area contributed by atoms with Gasteiger partial charge in [-0.05, 0) is 89.9 Å². The van der Waals surface area contributed by atoms with E-state index in [1.807, 2.05) is 6.08 Å². The number of amides is 1. The number of ether oxygens (including phenoxy) is 1. The molecule has 0 aliphatic heterocycles. The van der Waals surface area contributed by atoms with Crippen LogP contribution in [0.25, 0.3) is 0 Å². The summed E-state index contributed by atoms with van der Waals surface area (Å²) in [6, 6.07) is -0.625. The van der Waals surface area contributed by atoms with Gasteiger partial charge >= 0.3 is 5.97 Å². The molecule has 0 saturated heterocycles. The highest BCUT2D eigenvalue weighted by Gasteiger charge is 2.18. The summed E-state index contributed by atoms with van der Waals surface area (Å²) in [6.45, 7) is 4.91. The van der Waals surface area contributed by atoms with Gasteiger partial charge in [-0.3, -0.25) is 9.59 Å². The standard InChI is InChI=1S/C75H141NO5/c1-3-5-7-9-11-13-15-16-17-42-45-49-53-57-61-65-69-75(80)81-70-66-62-58-54-50-46-43-40-38-36-34-32-30-28-26-24-22-20-18-19-21-23-25-27-29-31-33-35-37-39-41-44-48-52-56-60-64-68-74(79)76-72(71-77)73(78)67-63-59-55-51-47-14-12-10-8-6-4-2/h17-18,20,24,26,42,63,67,72-73,77-78H,3-16,19,21-23,25,27-41,43-62,64-66,68-71H2,1-2H3,(H,76,79)/b20-18-,26-24-,42-17-,67-63+. The van der Waals surface area contributed by atoms with E-state index >= 15 is 0 Å². The summed E-state index contributed by atoms with van der Waals surface area (Å²) < 4.78 is 5.50. The Balaban J connectivity index is 3.35. The minimum Gasteiger partial charge on any atom is -0.466 e. The van der Waals surface area contributed by atoms with Crippen LogP contribution in [-0.2, 0) is 14.3 Å². The first kappa shape index (κ1) is 78.8. The molecule has 0 aliphatic carbocycles. The fraction of sp³-hybridized carbons (Fsp3) is 0.867. The van der Waals surface area contributed by atoms with E-state index in [1.54, 1.807) is 6.08 Å². The molecule has 0 rings (SSSR count). The van der Waals surface area contributed by atoms with Gasteiger partial charge in [-0.15, -0.1) is 0 Å². The van der Waals surface area contributed by atoms with Crippen LogP contribution in [0.4, 0.5) is 0 Å². The monoisotopic (exact) mass is 1140 g/mol. The maximum absolute atomic E-state index is 12.4. The number of esters is 1. The second kappa shape index (κ2) is 70.3. The summed E-state index contributed by atoms with van der Waals surface area (Å²) in [5.41, 5.74) is 0. The first-order chi connectivity index (χ1) is 40.0. The molecular formula is C75H141NO5. The van der Waals surface area contributed by atoms with Crippen molar-refractivity contribution < 1.29 is 24.5 Å². The predicted octanol–water partition coefficient (Wildman–Crippen LogP) is 23.6. The number of nitrogens with one attached hydrogen (secondary N) is 1. The smallest absolute Gasteiger partial charge is 0.305 e. The first-order valence-electron chi connectivity index (χ1n) is 36.4. The number of rotatable bonds is 68. The molecule has 0 radical (unpaired) electrons. The molecule has 0 spiro atoms. The zero-order valence-electron chi connectivity index (χ0n) is 54.5. The maximum atomic E-state index is 12.4. The Morgan fingerprint density at radius 1 is 0.346 bits per heavy atom. The molecule has 2 atom stereocenters. The van der Waals surface area contributed by atoms with E-state index in [1.165, 1.54) is 315 Å². The van der Waals surface area contributed by atoms with Crippen LogP contribution in [0.2, 0.25) is 0 Å². The van der Waals surface area contributed by atoms with Gasteiger partial charge < -0.3 is 20.3 Å². The molecule has 0 bridgehead atoms. The Morgan fingerprint density at radius 2 is 0.617 bits per heavy atom. The first-order valence-corrected chi connectivity index (χ1v) is 36.4. The molecule has 3 N–H and O–H groups in total. The zero-order chi connectivity index (χ0) is 58.5. The molecule has 6 heteroatoms. The average Bonchev–Trinajstić information content (AvgIpc) is 3.47. The molecule has 0 saturated carbocycles. The third-order valence-electron chi connectivity index (χ3n) is 16.8. The molecule has 0 aromatic heterocycles. The van der Waals surface area contributed by atoms with Crippen LogP contribution >= 0.6 is 0 Å². The van der Waals surface area contributed by atoms with Gasteiger partial charge in [-0.1, -0.05) is 339 Å². The SMILES string of the molecule is CCCCCCCCC/C=C\CCCCCCCC(=O)OCCCCCCCCCCCCCCC/C=C\C/C=C\CCCCCCCCCCCCCCCCCCCC(=O)NC(CO)C(O)/C=C/CCCCCCCCCCC. The zero-order valence-corrected chi connectivity index (χ0v) is 54.5. The summed E-state index contributed by atoms with van der Waals surface area (Å²) in [5.74, 6) is -0.0541. The van der Waals surface area contributed by atoms with Crippen molar-refractivity contribution in [2.75, 3.05) is 13.2 Å². The van der Waals surface area contributed by atoms with E-state index < -0.39 is 12.1 Å². The number of hydrogen-bond acceptors (Lipinski definition) is 5. The van der Waals surface area contributed by atoms with E-state index in [0.717, 1.165) is 51.4 Å². The molecule has 81 heavy (non-hydrogen) atoms. The molecule has 2 unspecified atom stereocenters. The van der Waals surface area contributed by atoms with Crippen molar-refractivity contribution in [3.8, 4) is 0 Å². The van der Waals surface area contributed by atoms with Gasteiger partial charge in [0, 0.05) is 12.8 Å². The Kier molecular flexibility index (Phi) is 68.4. The van der Waals surface area contributed by atoms with E-state index in [0.29, 0.717) is 19.4 Å². The van der Waals surface area contributed by atoms with Crippen LogP contribution in [-0.4, -0.2) is 47.4 Å². The summed E-state index contributed by atoms with van der Waals surface area (Å²) >= 11 is 0. The molecule has 476 valence electrons. The molecule has 1 amide bonds. The number of hydrogen-bond donors (Lipinski definition) is 3. The number of carbonyl (C=O) groups is 2. The molecule has 0 aromatic carbocycles. The largest absolute Gasteiger partial charge is 0.466 e. The minimum atomic E-state index is -0.841. The Labute approximate surface area is 506 Å². The van der Waals surface area contributed by atoms with Crippen molar-refractivity contribution in [2.45, 2.75) is 405 Å². The topological polar surface area (TPSA) is 95.9 Å². The molecule has 0 heterocycles. The van der Waals surface area contributed by atoms with E-state index in [4.69, 9.17) is 4.74 Å². The number of unbranched alkanes of at least 4 members (excludes halogenated alkanes) is 51. The van der Waals surface area contributed by atoms with Crippen molar-refractivity contribution in [1.82, 2.24) is 5.32 Å². The highest BCUT2D eigenvalue weighted by atomic mass is 16.5. The van der Waals surface area contributed by atoms with Gasteiger partial charge in [-0.2, -0.15) is 0 Å². The molecule has 0 aliphatic rings. The number of aliphatic hydroxyl groups excluding tert-OH is 2. The minimum absolute atomic E-state index is 0.0113. The maximum Gasteiger partial charge on any atom is 0.305 e. The Hall–Kier alpha value is -2.18. The molecule has 0 fully saturated rings. The second-order valence-electron chi connectivity index (χ2n) is 24.9. The lowest BCUT2D eigenvalue weighted by Gasteiger charge is -2.20. The molecular weight excluding hydrogens is 995 g/mol. The van der Waals surface area contributed by atoms with Crippen molar-refractivity contribution in [3.63, 3.8) is 0 Å². The number of aliphatic hydroxyl groups is 2. The van der Waals surface area contributed by atoms with Gasteiger partial charge in [0.05, 0.1) is 25.4 Å². The van der Waals surface area contributed by atoms with Gasteiger partial charge in [0.15, 0.2) is 0 Å². The fourth-order valence-corrected chi connectivity index (χ4v) is 11.3. The predicted molar refractivity (Wildman–Crippen MR) is 356 cm³/mol. The van der Waals surface area contributed by atoms with Crippen LogP contribution in [0.15, 0.2) is 48.6 Å². The number of carbonyl (C=O) groups excluding carboxylic acids is 2. The molecule has 6 nitrogen and oxygen atoms in total. The second-order valence-corrected chi connectivity index (χ2v) is 24.9. The van der Waals surface area contributed by atoms with Crippen molar-refractivity contribution in [1.29, 1.82) is 0 Å². The number of allylic oxidation sites excluding steroid dienone is 7. The lowest BCUT2D eigenvalue weighted by molar-refractivity contribution is -0.143. The summed E-state index contributed by atoms with van der Waals surface area (Å²) in [5, 5.41) is 23.1. The Morgan fingerprint density at radius 3 is 0.951 bits per heavy atom. The van der Waals surface area contributed by atoms with Gasteiger partial charge in [0.1, 0.15) is 0 Å². The van der Waals surface area contributed by atoms with Gasteiger partial charge in [0.2, 0.25) is 5.91 Å². The summed E-state index contributed by atoms with van der Waals surface area (Å²) in [4.78, 5) is 24.5. The van der Waals surface area contributed by atoms with Crippen LogP contribution in [0, 0.1) is 0 Å². The van der Waals surface area contributed by atoms with Crippen molar-refractivity contribution in [2.24, 2.45) is 0 Å². The quantitative estimate of drug-likeness (QED) is 0.0320. The van der Waals surface area contributed by atoms with Crippen molar-refractivity contribution in [3.05, 3.63) is 48.6 Å². The average molecular weight is 1140 g/mol. The summed E-state index contributed by atoms with van der Waals surface area (Å²) in [7, 11) is 0. The van der Waals surface area contributed by atoms with Crippen LogP contribution in [0.3, 0.4) is 0 Å². The van der Waals surface area contributed by atoms with Crippen molar-refractivity contribution >= 4 is 11.9 Å². The normalized spacial score (nSPS) is 12.8. The summed E-state index contributed by atoms with van der Waals surface area (Å²) in [6.07, 6.45) is 92.2. The third-order valence-corrected chi connectivity index (χ3v) is 16.8. The molecule has 0 aromatic rings. The van der Waals surface area contributed by atoms with Crippen LogP contribution in [0.5, 0.6) is 0 Å². The highest BCUT2D eigenvalue weighted by Crippen LogP contribution is 2.18. The van der Waals surface area contributed by atoms with Gasteiger partial charge in [0.25, 0.3) is 0 Å². The van der Waals surface area contributed by atoms with Crippen LogP contribution in [0.1, 0.15) is 393 Å². The lowest BCUT2D eigenvalue weighted by atomic mass is 10.0.